The maximum absolute atomic E-state index is 11.6. The fraction of sp³-hybridized carbons (Fsp3) is 0.444. The first-order chi connectivity index (χ1) is 6.81. The molecule has 1 fully saturated rings. The Hall–Kier alpha value is -0.970. The van der Waals surface area contributed by atoms with Crippen LogP contribution in [-0.4, -0.2) is 28.0 Å². The molecular formula is C9H10BrN3O. The van der Waals surface area contributed by atoms with Crippen LogP contribution in [0.25, 0.3) is 0 Å². The zero-order chi connectivity index (χ0) is 9.97. The number of hydrogen-bond acceptors (Lipinski definition) is 3. The molecule has 2 rings (SSSR count). The second-order valence-electron chi connectivity index (χ2n) is 3.31. The lowest BCUT2D eigenvalue weighted by Gasteiger charge is -2.13. The highest BCUT2D eigenvalue weighted by Gasteiger charge is 2.30. The van der Waals surface area contributed by atoms with Gasteiger partial charge in [-0.2, -0.15) is 5.10 Å². The number of anilines is 1. The Morgan fingerprint density at radius 3 is 3.07 bits per heavy atom. The SMILES string of the molecule is O=C1CC(CBr)CN1c1cccnn1. The zero-order valence-electron chi connectivity index (χ0n) is 7.56. The van der Waals surface area contributed by atoms with E-state index in [9.17, 15) is 4.79 Å². The highest BCUT2D eigenvalue weighted by molar-refractivity contribution is 9.09. The smallest absolute Gasteiger partial charge is 0.228 e. The highest BCUT2D eigenvalue weighted by Crippen LogP contribution is 2.23. The van der Waals surface area contributed by atoms with Crippen molar-refractivity contribution >= 4 is 27.7 Å². The van der Waals surface area contributed by atoms with Gasteiger partial charge in [-0.25, -0.2) is 0 Å². The molecule has 1 aliphatic heterocycles. The number of alkyl halides is 1. The van der Waals surface area contributed by atoms with Gasteiger partial charge in [0.15, 0.2) is 5.82 Å². The van der Waals surface area contributed by atoms with E-state index in [0.717, 1.165) is 11.9 Å². The van der Waals surface area contributed by atoms with Crippen LogP contribution in [0.15, 0.2) is 18.3 Å². The maximum Gasteiger partial charge on any atom is 0.228 e. The van der Waals surface area contributed by atoms with E-state index in [1.54, 1.807) is 17.2 Å². The van der Waals surface area contributed by atoms with E-state index in [1.165, 1.54) is 0 Å². The Morgan fingerprint density at radius 2 is 2.50 bits per heavy atom. The third-order valence-corrected chi connectivity index (χ3v) is 3.17. The number of nitrogens with zero attached hydrogens (tertiary/aromatic N) is 3. The molecular weight excluding hydrogens is 246 g/mol. The molecule has 14 heavy (non-hydrogen) atoms. The molecule has 0 bridgehead atoms. The molecule has 0 aliphatic carbocycles. The molecule has 0 N–H and O–H groups in total. The van der Waals surface area contributed by atoms with E-state index in [1.807, 2.05) is 6.07 Å². The number of aromatic nitrogens is 2. The third kappa shape index (κ3) is 1.77. The minimum atomic E-state index is 0.134. The summed E-state index contributed by atoms with van der Waals surface area (Å²) in [4.78, 5) is 13.3. The van der Waals surface area contributed by atoms with Crippen LogP contribution in [0, 0.1) is 5.92 Å². The van der Waals surface area contributed by atoms with Crippen LogP contribution in [0.5, 0.6) is 0 Å². The molecule has 1 aromatic heterocycles. The molecule has 4 nitrogen and oxygen atoms in total. The predicted octanol–water partition coefficient (Wildman–Crippen LogP) is 1.22. The van der Waals surface area contributed by atoms with Gasteiger partial charge in [0.2, 0.25) is 5.91 Å². The lowest BCUT2D eigenvalue weighted by Crippen LogP contribution is -2.25. The van der Waals surface area contributed by atoms with E-state index in [-0.39, 0.29) is 5.91 Å². The van der Waals surface area contributed by atoms with E-state index >= 15 is 0 Å². The van der Waals surface area contributed by atoms with Gasteiger partial charge in [0.25, 0.3) is 0 Å². The minimum absolute atomic E-state index is 0.134. The summed E-state index contributed by atoms with van der Waals surface area (Å²) in [5.41, 5.74) is 0. The molecule has 1 unspecified atom stereocenters. The Morgan fingerprint density at radius 1 is 1.64 bits per heavy atom. The molecule has 1 amide bonds. The van der Waals surface area contributed by atoms with Crippen LogP contribution in [-0.2, 0) is 4.79 Å². The minimum Gasteiger partial charge on any atom is -0.295 e. The van der Waals surface area contributed by atoms with Crippen LogP contribution >= 0.6 is 15.9 Å². The average molecular weight is 256 g/mol. The van der Waals surface area contributed by atoms with Gasteiger partial charge in [-0.3, -0.25) is 9.69 Å². The first kappa shape index (κ1) is 9.58. The zero-order valence-corrected chi connectivity index (χ0v) is 9.14. The molecule has 1 saturated heterocycles. The van der Waals surface area contributed by atoms with Crippen molar-refractivity contribution in [3.63, 3.8) is 0 Å². The van der Waals surface area contributed by atoms with Gasteiger partial charge in [-0.05, 0) is 18.1 Å². The van der Waals surface area contributed by atoms with Gasteiger partial charge < -0.3 is 0 Å². The largest absolute Gasteiger partial charge is 0.295 e. The summed E-state index contributed by atoms with van der Waals surface area (Å²) in [5, 5.41) is 8.54. The van der Waals surface area contributed by atoms with Crippen molar-refractivity contribution in [2.45, 2.75) is 6.42 Å². The molecule has 0 saturated carbocycles. The molecule has 0 spiro atoms. The van der Waals surface area contributed by atoms with Crippen LogP contribution in [0.1, 0.15) is 6.42 Å². The van der Waals surface area contributed by atoms with Gasteiger partial charge in [-0.1, -0.05) is 15.9 Å². The topological polar surface area (TPSA) is 46.1 Å². The van der Waals surface area contributed by atoms with Crippen molar-refractivity contribution in [1.82, 2.24) is 10.2 Å². The average Bonchev–Trinajstić information content (AvgIpc) is 2.61. The maximum atomic E-state index is 11.6. The van der Waals surface area contributed by atoms with Crippen molar-refractivity contribution in [3.8, 4) is 0 Å². The monoisotopic (exact) mass is 255 g/mol. The van der Waals surface area contributed by atoms with Crippen molar-refractivity contribution in [2.75, 3.05) is 16.8 Å². The fourth-order valence-corrected chi connectivity index (χ4v) is 1.98. The Labute approximate surface area is 90.4 Å². The summed E-state index contributed by atoms with van der Waals surface area (Å²) < 4.78 is 0. The Balaban J connectivity index is 2.17. The van der Waals surface area contributed by atoms with Gasteiger partial charge in [-0.15, -0.1) is 5.10 Å². The van der Waals surface area contributed by atoms with Gasteiger partial charge >= 0.3 is 0 Å². The number of carbonyl (C=O) groups is 1. The lowest BCUT2D eigenvalue weighted by molar-refractivity contribution is -0.117. The molecule has 1 atom stereocenters. The van der Waals surface area contributed by atoms with Crippen molar-refractivity contribution in [2.24, 2.45) is 5.92 Å². The summed E-state index contributed by atoms with van der Waals surface area (Å²) in [5.74, 6) is 1.18. The lowest BCUT2D eigenvalue weighted by atomic mass is 10.2. The Bertz CT molecular complexity index is 330. The summed E-state index contributed by atoms with van der Waals surface area (Å²) in [6.45, 7) is 0.739. The van der Waals surface area contributed by atoms with Crippen LogP contribution in [0.4, 0.5) is 5.82 Å². The normalized spacial score (nSPS) is 21.6. The Kier molecular flexibility index (Phi) is 2.77. The number of hydrogen-bond donors (Lipinski definition) is 0. The summed E-state index contributed by atoms with van der Waals surface area (Å²) in [6, 6.07) is 3.60. The van der Waals surface area contributed by atoms with E-state index in [4.69, 9.17) is 0 Å². The first-order valence-corrected chi connectivity index (χ1v) is 5.57. The van der Waals surface area contributed by atoms with E-state index in [0.29, 0.717) is 18.2 Å². The fourth-order valence-electron chi connectivity index (χ4n) is 1.54. The van der Waals surface area contributed by atoms with Crippen LogP contribution in [0.2, 0.25) is 0 Å². The predicted molar refractivity (Wildman–Crippen MR) is 56.3 cm³/mol. The molecule has 2 heterocycles. The molecule has 0 aromatic carbocycles. The number of carbonyl (C=O) groups excluding carboxylic acids is 1. The number of halogens is 1. The van der Waals surface area contributed by atoms with Gasteiger partial charge in [0.05, 0.1) is 0 Å². The number of rotatable bonds is 2. The highest BCUT2D eigenvalue weighted by atomic mass is 79.9. The summed E-state index contributed by atoms with van der Waals surface area (Å²) in [6.07, 6.45) is 2.20. The molecule has 5 heteroatoms. The van der Waals surface area contributed by atoms with E-state index < -0.39 is 0 Å². The second-order valence-corrected chi connectivity index (χ2v) is 3.96. The number of amides is 1. The third-order valence-electron chi connectivity index (χ3n) is 2.26. The molecule has 0 radical (unpaired) electrons. The van der Waals surface area contributed by atoms with Crippen LogP contribution in [0.3, 0.4) is 0 Å². The first-order valence-electron chi connectivity index (χ1n) is 4.45. The van der Waals surface area contributed by atoms with Crippen molar-refractivity contribution < 1.29 is 4.79 Å². The molecule has 1 aliphatic rings. The molecule has 74 valence electrons. The standard InChI is InChI=1S/C9H10BrN3O/c10-5-7-4-9(14)13(6-7)8-2-1-3-11-12-8/h1-3,7H,4-6H2. The molecule has 1 aromatic rings. The van der Waals surface area contributed by atoms with Gasteiger partial charge in [0.1, 0.15) is 0 Å². The quantitative estimate of drug-likeness (QED) is 0.747. The van der Waals surface area contributed by atoms with Crippen molar-refractivity contribution in [1.29, 1.82) is 0 Å². The second kappa shape index (κ2) is 4.04. The van der Waals surface area contributed by atoms with Crippen molar-refractivity contribution in [3.05, 3.63) is 18.3 Å². The van der Waals surface area contributed by atoms with E-state index in [2.05, 4.69) is 26.1 Å². The summed E-state index contributed by atoms with van der Waals surface area (Å²) in [7, 11) is 0. The van der Waals surface area contributed by atoms with Gasteiger partial charge in [0, 0.05) is 24.5 Å². The van der Waals surface area contributed by atoms with Crippen LogP contribution < -0.4 is 4.90 Å². The summed E-state index contributed by atoms with van der Waals surface area (Å²) >= 11 is 3.39.